The van der Waals surface area contributed by atoms with Gasteiger partial charge >= 0.3 is 12.1 Å². The number of nitrogens with one attached hydrogen (secondary N) is 2. The van der Waals surface area contributed by atoms with Crippen molar-refractivity contribution in [1.29, 1.82) is 0 Å². The van der Waals surface area contributed by atoms with Crippen LogP contribution >= 0.6 is 0 Å². The van der Waals surface area contributed by atoms with Crippen LogP contribution < -0.4 is 10.6 Å². The molecule has 0 spiro atoms. The number of anilines is 1. The third-order valence-corrected chi connectivity index (χ3v) is 5.80. The largest absolute Gasteiger partial charge is 0.480 e. The van der Waals surface area contributed by atoms with E-state index in [2.05, 4.69) is 22.8 Å². The van der Waals surface area contributed by atoms with Crippen molar-refractivity contribution < 1.29 is 24.2 Å². The van der Waals surface area contributed by atoms with Crippen molar-refractivity contribution in [3.63, 3.8) is 0 Å². The van der Waals surface area contributed by atoms with Gasteiger partial charge in [-0.05, 0) is 53.8 Å². The first kappa shape index (κ1) is 22.1. The van der Waals surface area contributed by atoms with E-state index in [0.29, 0.717) is 5.69 Å². The fraction of sp³-hybridized carbons (Fsp3) is 0.192. The molecule has 3 N–H and O–H groups in total. The van der Waals surface area contributed by atoms with Crippen molar-refractivity contribution in [2.45, 2.75) is 25.8 Å². The average Bonchev–Trinajstić information content (AvgIpc) is 3.12. The van der Waals surface area contributed by atoms with Crippen molar-refractivity contribution in [3.8, 4) is 11.1 Å². The van der Waals surface area contributed by atoms with Gasteiger partial charge in [-0.3, -0.25) is 14.9 Å². The smallest absolute Gasteiger partial charge is 0.411 e. The molecule has 1 aliphatic carbocycles. The third-order valence-electron chi connectivity index (χ3n) is 5.80. The second-order valence-corrected chi connectivity index (χ2v) is 8.01. The topological polar surface area (TPSA) is 105 Å². The van der Waals surface area contributed by atoms with Crippen LogP contribution in [-0.2, 0) is 9.53 Å². The molecule has 0 radical (unpaired) electrons. The van der Waals surface area contributed by atoms with Crippen LogP contribution in [-0.4, -0.2) is 35.7 Å². The molecule has 33 heavy (non-hydrogen) atoms. The number of fused-ring (bicyclic) bond motifs is 3. The van der Waals surface area contributed by atoms with Gasteiger partial charge in [-0.15, -0.1) is 0 Å². The van der Waals surface area contributed by atoms with Crippen LogP contribution in [0.2, 0.25) is 0 Å². The molecular formula is C26H24N2O5. The molecule has 0 aliphatic heterocycles. The molecule has 1 aliphatic rings. The SMILES string of the molecule is Cc1ccc(C(=O)N[C@@H](C)C(=O)O)cc1NC(=O)OCC1c2ccccc2-c2ccccc21. The molecule has 4 rings (SSSR count). The molecule has 3 aromatic rings. The summed E-state index contributed by atoms with van der Waals surface area (Å²) >= 11 is 0. The molecule has 3 aromatic carbocycles. The summed E-state index contributed by atoms with van der Waals surface area (Å²) in [6, 6.07) is 19.9. The minimum Gasteiger partial charge on any atom is -0.480 e. The van der Waals surface area contributed by atoms with Crippen LogP contribution in [0.15, 0.2) is 66.7 Å². The summed E-state index contributed by atoms with van der Waals surface area (Å²) in [5, 5.41) is 14.1. The van der Waals surface area contributed by atoms with Gasteiger partial charge < -0.3 is 15.2 Å². The Balaban J connectivity index is 1.45. The number of carboxylic acid groups (broad SMARTS) is 1. The lowest BCUT2D eigenvalue weighted by Gasteiger charge is -2.16. The third kappa shape index (κ3) is 4.57. The van der Waals surface area contributed by atoms with Gasteiger partial charge in [-0.25, -0.2) is 4.79 Å². The van der Waals surface area contributed by atoms with Crippen LogP contribution in [0.3, 0.4) is 0 Å². The first-order chi connectivity index (χ1) is 15.8. The lowest BCUT2D eigenvalue weighted by molar-refractivity contribution is -0.138. The molecule has 0 heterocycles. The molecule has 0 bridgehead atoms. The molecule has 0 fully saturated rings. The summed E-state index contributed by atoms with van der Waals surface area (Å²) in [5.41, 5.74) is 5.93. The first-order valence-corrected chi connectivity index (χ1v) is 10.6. The Bertz CT molecular complexity index is 1190. The average molecular weight is 444 g/mol. The number of hydrogen-bond donors (Lipinski definition) is 3. The Hall–Kier alpha value is -4.13. The standard InChI is InChI=1S/C26H24N2O5/c1-15-11-12-17(24(29)27-16(2)25(30)31)13-23(15)28-26(32)33-14-22-20-9-5-3-7-18(20)19-8-4-6-10-21(19)22/h3-13,16,22H,14H2,1-2H3,(H,27,29)(H,28,32)(H,30,31)/t16-/m0/s1. The molecule has 7 nitrogen and oxygen atoms in total. The Morgan fingerprint density at radius 2 is 1.58 bits per heavy atom. The van der Waals surface area contributed by atoms with Gasteiger partial charge in [0, 0.05) is 17.2 Å². The Morgan fingerprint density at radius 1 is 0.970 bits per heavy atom. The fourth-order valence-electron chi connectivity index (χ4n) is 3.98. The van der Waals surface area contributed by atoms with Crippen LogP contribution in [0.25, 0.3) is 11.1 Å². The van der Waals surface area contributed by atoms with E-state index >= 15 is 0 Å². The van der Waals surface area contributed by atoms with Gasteiger partial charge in [0.2, 0.25) is 0 Å². The predicted molar refractivity (Wildman–Crippen MR) is 124 cm³/mol. The summed E-state index contributed by atoms with van der Waals surface area (Å²) in [5.74, 6) is -1.73. The van der Waals surface area contributed by atoms with Crippen LogP contribution in [0.1, 0.15) is 39.9 Å². The Kier molecular flexibility index (Phi) is 6.13. The fourth-order valence-corrected chi connectivity index (χ4v) is 3.98. The number of aryl methyl sites for hydroxylation is 1. The predicted octanol–water partition coefficient (Wildman–Crippen LogP) is 4.56. The normalized spacial score (nSPS) is 12.9. The number of carboxylic acids is 1. The number of hydrogen-bond acceptors (Lipinski definition) is 4. The molecule has 0 aromatic heterocycles. The van der Waals surface area contributed by atoms with Gasteiger partial charge in [0.25, 0.3) is 5.91 Å². The van der Waals surface area contributed by atoms with Gasteiger partial charge in [-0.2, -0.15) is 0 Å². The maximum atomic E-state index is 12.6. The highest BCUT2D eigenvalue weighted by Crippen LogP contribution is 2.44. The van der Waals surface area contributed by atoms with Crippen LogP contribution in [0, 0.1) is 6.92 Å². The van der Waals surface area contributed by atoms with Gasteiger partial charge in [-0.1, -0.05) is 54.6 Å². The lowest BCUT2D eigenvalue weighted by Crippen LogP contribution is -2.38. The highest BCUT2D eigenvalue weighted by Gasteiger charge is 2.29. The van der Waals surface area contributed by atoms with E-state index in [4.69, 9.17) is 9.84 Å². The summed E-state index contributed by atoms with van der Waals surface area (Å²) < 4.78 is 5.57. The molecular weight excluding hydrogens is 420 g/mol. The molecule has 0 saturated carbocycles. The van der Waals surface area contributed by atoms with Crippen LogP contribution in [0.5, 0.6) is 0 Å². The van der Waals surface area contributed by atoms with E-state index in [1.54, 1.807) is 19.1 Å². The molecule has 0 saturated heterocycles. The maximum Gasteiger partial charge on any atom is 0.411 e. The maximum absolute atomic E-state index is 12.6. The zero-order chi connectivity index (χ0) is 23.5. The van der Waals surface area contributed by atoms with Crippen LogP contribution in [0.4, 0.5) is 10.5 Å². The quantitative estimate of drug-likeness (QED) is 0.517. The molecule has 2 amide bonds. The summed E-state index contributed by atoms with van der Waals surface area (Å²) in [7, 11) is 0. The summed E-state index contributed by atoms with van der Waals surface area (Å²) in [4.78, 5) is 35.9. The lowest BCUT2D eigenvalue weighted by atomic mass is 9.98. The summed E-state index contributed by atoms with van der Waals surface area (Å²) in [6.45, 7) is 3.35. The van der Waals surface area contributed by atoms with Gasteiger partial charge in [0.05, 0.1) is 0 Å². The minimum atomic E-state index is -1.13. The molecule has 168 valence electrons. The van der Waals surface area contributed by atoms with E-state index in [1.807, 2.05) is 36.4 Å². The van der Waals surface area contributed by atoms with Gasteiger partial charge in [0.1, 0.15) is 12.6 Å². The second kappa shape index (κ2) is 9.16. The number of benzene rings is 3. The number of amides is 2. The van der Waals surface area contributed by atoms with Crippen molar-refractivity contribution in [3.05, 3.63) is 89.0 Å². The number of aliphatic carboxylic acids is 1. The van der Waals surface area contributed by atoms with Gasteiger partial charge in [0.15, 0.2) is 0 Å². The van der Waals surface area contributed by atoms with Crippen molar-refractivity contribution in [1.82, 2.24) is 5.32 Å². The zero-order valence-corrected chi connectivity index (χ0v) is 18.3. The van der Waals surface area contributed by atoms with Crippen molar-refractivity contribution >= 4 is 23.7 Å². The van der Waals surface area contributed by atoms with Crippen molar-refractivity contribution in [2.75, 3.05) is 11.9 Å². The monoisotopic (exact) mass is 444 g/mol. The Labute approximate surface area is 191 Å². The first-order valence-electron chi connectivity index (χ1n) is 10.6. The van der Waals surface area contributed by atoms with E-state index in [0.717, 1.165) is 27.8 Å². The van der Waals surface area contributed by atoms with E-state index in [9.17, 15) is 14.4 Å². The molecule has 1 atom stereocenters. The highest BCUT2D eigenvalue weighted by molar-refractivity contribution is 5.98. The number of ether oxygens (including phenoxy) is 1. The number of carbonyl (C=O) groups is 3. The molecule has 0 unspecified atom stereocenters. The van der Waals surface area contributed by atoms with Crippen molar-refractivity contribution in [2.24, 2.45) is 0 Å². The highest BCUT2D eigenvalue weighted by atomic mass is 16.5. The summed E-state index contributed by atoms with van der Waals surface area (Å²) in [6.07, 6.45) is -0.628. The van der Waals surface area contributed by atoms with E-state index < -0.39 is 24.0 Å². The zero-order valence-electron chi connectivity index (χ0n) is 18.3. The minimum absolute atomic E-state index is 0.0566. The second-order valence-electron chi connectivity index (χ2n) is 8.01. The number of rotatable bonds is 6. The van der Waals surface area contributed by atoms with E-state index in [1.165, 1.54) is 13.0 Å². The molecule has 7 heteroatoms. The number of carbonyl (C=O) groups excluding carboxylic acids is 2. The Morgan fingerprint density at radius 3 is 2.18 bits per heavy atom. The van der Waals surface area contributed by atoms with E-state index in [-0.39, 0.29) is 18.1 Å².